The lowest BCUT2D eigenvalue weighted by Crippen LogP contribution is -2.50. The zero-order chi connectivity index (χ0) is 23.4. The number of hydrogen-bond donors (Lipinski definition) is 0. The summed E-state index contributed by atoms with van der Waals surface area (Å²) in [4.78, 5) is 33.4. The fourth-order valence-electron chi connectivity index (χ4n) is 4.42. The molecule has 0 fully saturated rings. The second-order valence-corrected chi connectivity index (χ2v) is 7.75. The van der Waals surface area contributed by atoms with Crippen molar-refractivity contribution < 1.29 is 23.8 Å². The molecule has 1 aliphatic heterocycles. The van der Waals surface area contributed by atoms with Crippen LogP contribution in [0.25, 0.3) is 11.0 Å². The van der Waals surface area contributed by atoms with E-state index in [-0.39, 0.29) is 12.5 Å². The van der Waals surface area contributed by atoms with Crippen molar-refractivity contribution in [3.63, 3.8) is 0 Å². The minimum atomic E-state index is -1.07. The van der Waals surface area contributed by atoms with Crippen molar-refractivity contribution in [1.29, 1.82) is 0 Å². The van der Waals surface area contributed by atoms with Gasteiger partial charge in [0, 0.05) is 25.8 Å². The van der Waals surface area contributed by atoms with E-state index < -0.39 is 17.9 Å². The van der Waals surface area contributed by atoms with Gasteiger partial charge in [-0.15, -0.1) is 0 Å². The van der Waals surface area contributed by atoms with E-state index in [2.05, 4.69) is 0 Å². The third-order valence-electron chi connectivity index (χ3n) is 5.75. The molecule has 1 amide bonds. The predicted molar refractivity (Wildman–Crippen MR) is 124 cm³/mol. The van der Waals surface area contributed by atoms with Gasteiger partial charge in [0.25, 0.3) is 0 Å². The van der Waals surface area contributed by atoms with E-state index >= 15 is 0 Å². The monoisotopic (exact) mass is 451 g/mol. The average molecular weight is 452 g/mol. The first-order chi connectivity index (χ1) is 16.1. The molecule has 2 heterocycles. The van der Waals surface area contributed by atoms with Gasteiger partial charge in [-0.1, -0.05) is 30.3 Å². The van der Waals surface area contributed by atoms with Gasteiger partial charge in [-0.05, 0) is 38.5 Å². The number of carbonyl (C=O) groups is 2. The largest absolute Gasteiger partial charge is 0.494 e. The highest BCUT2D eigenvalue weighted by Gasteiger charge is 2.48. The van der Waals surface area contributed by atoms with Crippen molar-refractivity contribution in [2.75, 3.05) is 38.4 Å². The molecule has 8 heteroatoms. The maximum absolute atomic E-state index is 13.8. The first-order valence-corrected chi connectivity index (χ1v) is 11.3. The molecule has 2 aromatic carbocycles. The number of ether oxygens (including phenoxy) is 3. The number of rotatable bonds is 9. The van der Waals surface area contributed by atoms with E-state index in [0.717, 1.165) is 16.6 Å². The van der Waals surface area contributed by atoms with Crippen LogP contribution in [0.3, 0.4) is 0 Å². The van der Waals surface area contributed by atoms with E-state index in [9.17, 15) is 9.59 Å². The number of anilines is 1. The first kappa shape index (κ1) is 22.8. The molecule has 0 bridgehead atoms. The Morgan fingerprint density at radius 3 is 2.58 bits per heavy atom. The minimum absolute atomic E-state index is 0.184. The van der Waals surface area contributed by atoms with Crippen molar-refractivity contribution in [1.82, 2.24) is 9.55 Å². The first-order valence-electron chi connectivity index (χ1n) is 11.3. The summed E-state index contributed by atoms with van der Waals surface area (Å²) >= 11 is 0. The summed E-state index contributed by atoms with van der Waals surface area (Å²) in [5.41, 5.74) is 2.33. The van der Waals surface area contributed by atoms with Gasteiger partial charge in [-0.3, -0.25) is 14.5 Å². The highest BCUT2D eigenvalue weighted by atomic mass is 16.5. The number of nitrogens with zero attached hydrogens (tertiary/aromatic N) is 3. The number of benzene rings is 2. The molecule has 0 N–H and O–H groups in total. The Morgan fingerprint density at radius 2 is 1.82 bits per heavy atom. The number of carbonyl (C=O) groups excluding carboxylic acids is 2. The molecule has 8 nitrogen and oxygen atoms in total. The molecule has 1 aromatic heterocycles. The summed E-state index contributed by atoms with van der Waals surface area (Å²) < 4.78 is 18.5. The number of fused-ring (bicyclic) bond motifs is 3. The Balaban J connectivity index is 1.96. The number of esters is 1. The van der Waals surface area contributed by atoms with Crippen LogP contribution >= 0.6 is 0 Å². The van der Waals surface area contributed by atoms with Crippen molar-refractivity contribution in [2.24, 2.45) is 5.92 Å². The second-order valence-electron chi connectivity index (χ2n) is 7.75. The van der Waals surface area contributed by atoms with Crippen molar-refractivity contribution >= 4 is 28.9 Å². The number of methoxy groups -OCH3 is 1. The van der Waals surface area contributed by atoms with Crippen LogP contribution in [0.1, 0.15) is 31.9 Å². The van der Waals surface area contributed by atoms with Crippen LogP contribution in [-0.4, -0.2) is 54.9 Å². The zero-order valence-electron chi connectivity index (χ0n) is 19.2. The molecule has 0 aliphatic carbocycles. The van der Waals surface area contributed by atoms with Crippen LogP contribution in [0.4, 0.5) is 5.95 Å². The third-order valence-corrected chi connectivity index (χ3v) is 5.75. The number of para-hydroxylation sites is 3. The number of imidazole rings is 1. The van der Waals surface area contributed by atoms with Gasteiger partial charge in [0.1, 0.15) is 5.75 Å². The van der Waals surface area contributed by atoms with Crippen LogP contribution in [0.15, 0.2) is 48.5 Å². The summed E-state index contributed by atoms with van der Waals surface area (Å²) in [6.45, 7) is 5.16. The molecule has 33 heavy (non-hydrogen) atoms. The third kappa shape index (κ3) is 4.18. The molecule has 0 saturated carbocycles. The smallest absolute Gasteiger partial charge is 0.321 e. The lowest BCUT2D eigenvalue weighted by molar-refractivity contribution is -0.153. The van der Waals surface area contributed by atoms with Gasteiger partial charge in [-0.2, -0.15) is 0 Å². The molecular weight excluding hydrogens is 422 g/mol. The fourth-order valence-corrected chi connectivity index (χ4v) is 4.42. The molecule has 1 aliphatic rings. The van der Waals surface area contributed by atoms with Crippen LogP contribution in [0.5, 0.6) is 5.75 Å². The molecule has 2 unspecified atom stereocenters. The molecule has 2 atom stereocenters. The van der Waals surface area contributed by atoms with Crippen molar-refractivity contribution in [3.8, 4) is 5.75 Å². The Bertz CT molecular complexity index is 1140. The van der Waals surface area contributed by atoms with Crippen LogP contribution in [-0.2, 0) is 19.1 Å². The summed E-state index contributed by atoms with van der Waals surface area (Å²) in [5, 5.41) is 0. The quantitative estimate of drug-likeness (QED) is 0.281. The molecule has 3 aromatic rings. The SMILES string of the molecule is CCOC(=O)C1C(=O)N(CCCOC)c2nc3ccccc3n2C1c1ccccc1OCC. The van der Waals surface area contributed by atoms with E-state index in [4.69, 9.17) is 19.2 Å². The molecule has 0 spiro atoms. The normalized spacial score (nSPS) is 17.8. The van der Waals surface area contributed by atoms with E-state index in [1.54, 1.807) is 18.9 Å². The highest BCUT2D eigenvalue weighted by molar-refractivity contribution is 6.08. The summed E-state index contributed by atoms with van der Waals surface area (Å²) in [7, 11) is 1.62. The molecular formula is C25H29N3O5. The van der Waals surface area contributed by atoms with E-state index in [1.165, 1.54) is 0 Å². The Kier molecular flexibility index (Phi) is 6.93. The average Bonchev–Trinajstić information content (AvgIpc) is 3.20. The van der Waals surface area contributed by atoms with Gasteiger partial charge < -0.3 is 18.8 Å². The standard InChI is InChI=1S/C25H29N3O5/c1-4-32-20-14-9-6-11-17(20)22-21(24(30)33-5-2)23(29)27(15-10-16-31-3)25-26-18-12-7-8-13-19(18)28(22)25/h6-9,11-14,21-22H,4-5,10,15-16H2,1-3H3. The molecule has 0 saturated heterocycles. The van der Waals surface area contributed by atoms with E-state index in [0.29, 0.717) is 37.9 Å². The lowest BCUT2D eigenvalue weighted by Gasteiger charge is -2.38. The molecule has 174 valence electrons. The van der Waals surface area contributed by atoms with Crippen LogP contribution in [0.2, 0.25) is 0 Å². The predicted octanol–water partition coefficient (Wildman–Crippen LogP) is 3.59. The Labute approximate surface area is 193 Å². The summed E-state index contributed by atoms with van der Waals surface area (Å²) in [5.74, 6) is -0.820. The second kappa shape index (κ2) is 10.0. The van der Waals surface area contributed by atoms with Gasteiger partial charge >= 0.3 is 5.97 Å². The van der Waals surface area contributed by atoms with Gasteiger partial charge in [0.15, 0.2) is 5.92 Å². The lowest BCUT2D eigenvalue weighted by atomic mass is 9.88. The Hall–Kier alpha value is -3.39. The number of hydrogen-bond acceptors (Lipinski definition) is 6. The van der Waals surface area contributed by atoms with Gasteiger partial charge in [0.05, 0.1) is 30.3 Å². The van der Waals surface area contributed by atoms with Crippen LogP contribution in [0, 0.1) is 5.92 Å². The van der Waals surface area contributed by atoms with Crippen LogP contribution < -0.4 is 9.64 Å². The summed E-state index contributed by atoms with van der Waals surface area (Å²) in [6, 6.07) is 14.6. The number of amides is 1. The fraction of sp³-hybridized carbons (Fsp3) is 0.400. The number of aromatic nitrogens is 2. The molecule has 4 rings (SSSR count). The zero-order valence-corrected chi connectivity index (χ0v) is 19.2. The Morgan fingerprint density at radius 1 is 1.06 bits per heavy atom. The van der Waals surface area contributed by atoms with Gasteiger partial charge in [-0.25, -0.2) is 4.98 Å². The minimum Gasteiger partial charge on any atom is -0.494 e. The maximum atomic E-state index is 13.8. The topological polar surface area (TPSA) is 82.9 Å². The van der Waals surface area contributed by atoms with E-state index in [1.807, 2.05) is 60.0 Å². The molecule has 0 radical (unpaired) electrons. The highest BCUT2D eigenvalue weighted by Crippen LogP contribution is 2.43. The maximum Gasteiger partial charge on any atom is 0.321 e. The summed E-state index contributed by atoms with van der Waals surface area (Å²) in [6.07, 6.45) is 0.612. The van der Waals surface area contributed by atoms with Crippen molar-refractivity contribution in [2.45, 2.75) is 26.3 Å². The van der Waals surface area contributed by atoms with Gasteiger partial charge in [0.2, 0.25) is 11.9 Å². The van der Waals surface area contributed by atoms with Crippen molar-refractivity contribution in [3.05, 3.63) is 54.1 Å².